The molecule has 94 valence electrons. The number of carbonyl (C=O) groups excluding carboxylic acids is 1. The van der Waals surface area contributed by atoms with Crippen LogP contribution in [-0.2, 0) is 6.54 Å². The molecule has 0 heterocycles. The number of rotatable bonds is 3. The summed E-state index contributed by atoms with van der Waals surface area (Å²) in [6, 6.07) is 11.8. The summed E-state index contributed by atoms with van der Waals surface area (Å²) in [4.78, 5) is 11.1. The summed E-state index contributed by atoms with van der Waals surface area (Å²) in [5.41, 5.74) is 1.07. The van der Waals surface area contributed by atoms with Crippen LogP contribution in [0.5, 0.6) is 5.75 Å². The smallest absolute Gasteiger partial charge is 0.314 e. The molecule has 4 nitrogen and oxygen atoms in total. The molecule has 2 rings (SSSR count). The number of amides is 2. The first-order chi connectivity index (χ1) is 8.72. The Kier molecular flexibility index (Phi) is 3.67. The van der Waals surface area contributed by atoms with Gasteiger partial charge in [0.1, 0.15) is 5.75 Å². The average molecular weight is 244 g/mol. The largest absolute Gasteiger partial charge is 0.497 e. The van der Waals surface area contributed by atoms with Crippen LogP contribution in [0.1, 0.15) is 5.56 Å². The second-order valence-electron chi connectivity index (χ2n) is 3.98. The van der Waals surface area contributed by atoms with Gasteiger partial charge in [-0.2, -0.15) is 0 Å². The Morgan fingerprint density at radius 1 is 1.17 bits per heavy atom. The molecule has 0 spiro atoms. The molecule has 0 saturated heterocycles. The molecule has 0 aliphatic carbocycles. The normalized spacial score (nSPS) is 10.1. The van der Waals surface area contributed by atoms with E-state index in [1.165, 1.54) is 0 Å². The molecule has 4 heteroatoms. The molecule has 0 aliphatic rings. The number of hydrogen-bond donors (Lipinski definition) is 2. The molecule has 18 heavy (non-hydrogen) atoms. The summed E-state index contributed by atoms with van der Waals surface area (Å²) >= 11 is 0. The van der Waals surface area contributed by atoms with Crippen molar-refractivity contribution in [2.75, 3.05) is 14.2 Å². The first-order valence-corrected chi connectivity index (χ1v) is 5.75. The molecule has 0 bridgehead atoms. The van der Waals surface area contributed by atoms with E-state index in [4.69, 9.17) is 4.74 Å². The molecule has 0 aromatic heterocycles. The first kappa shape index (κ1) is 12.2. The lowest BCUT2D eigenvalue weighted by Crippen LogP contribution is -2.32. The van der Waals surface area contributed by atoms with Crippen LogP contribution in [-0.4, -0.2) is 20.2 Å². The zero-order chi connectivity index (χ0) is 13.0. The molecular weight excluding hydrogens is 228 g/mol. The fourth-order valence-electron chi connectivity index (χ4n) is 1.78. The van der Waals surface area contributed by atoms with Crippen molar-refractivity contribution in [3.8, 4) is 5.75 Å². The van der Waals surface area contributed by atoms with E-state index in [-0.39, 0.29) is 6.03 Å². The Labute approximate surface area is 106 Å². The highest BCUT2D eigenvalue weighted by Crippen LogP contribution is 2.21. The van der Waals surface area contributed by atoms with Crippen molar-refractivity contribution in [3.63, 3.8) is 0 Å². The van der Waals surface area contributed by atoms with Crippen molar-refractivity contribution in [2.24, 2.45) is 0 Å². The number of methoxy groups -OCH3 is 1. The van der Waals surface area contributed by atoms with Gasteiger partial charge in [-0.05, 0) is 34.5 Å². The lowest BCUT2D eigenvalue weighted by atomic mass is 10.1. The minimum Gasteiger partial charge on any atom is -0.497 e. The van der Waals surface area contributed by atoms with Gasteiger partial charge in [0.05, 0.1) is 7.11 Å². The van der Waals surface area contributed by atoms with Crippen LogP contribution < -0.4 is 15.4 Å². The van der Waals surface area contributed by atoms with Crippen molar-refractivity contribution in [3.05, 3.63) is 42.0 Å². The van der Waals surface area contributed by atoms with Gasteiger partial charge in [0.2, 0.25) is 0 Å². The topological polar surface area (TPSA) is 50.4 Å². The molecule has 2 aromatic carbocycles. The molecule has 2 aromatic rings. The maximum atomic E-state index is 11.1. The van der Waals surface area contributed by atoms with E-state index in [1.807, 2.05) is 30.3 Å². The van der Waals surface area contributed by atoms with Crippen LogP contribution in [0.3, 0.4) is 0 Å². The van der Waals surface area contributed by atoms with E-state index in [1.54, 1.807) is 14.2 Å². The summed E-state index contributed by atoms with van der Waals surface area (Å²) < 4.78 is 5.18. The third-order valence-corrected chi connectivity index (χ3v) is 2.79. The number of urea groups is 1. The van der Waals surface area contributed by atoms with E-state index in [0.717, 1.165) is 22.1 Å². The van der Waals surface area contributed by atoms with Crippen molar-refractivity contribution in [1.29, 1.82) is 0 Å². The second-order valence-corrected chi connectivity index (χ2v) is 3.98. The molecule has 2 N–H and O–H groups in total. The number of carbonyl (C=O) groups is 1. The van der Waals surface area contributed by atoms with Crippen LogP contribution in [0.2, 0.25) is 0 Å². The Hall–Kier alpha value is -2.23. The molecular formula is C14H16N2O2. The minimum atomic E-state index is -0.176. The summed E-state index contributed by atoms with van der Waals surface area (Å²) in [6.45, 7) is 0.516. The van der Waals surface area contributed by atoms with E-state index in [9.17, 15) is 4.79 Å². The maximum Gasteiger partial charge on any atom is 0.314 e. The van der Waals surface area contributed by atoms with Gasteiger partial charge in [-0.25, -0.2) is 4.79 Å². The standard InChI is InChI=1S/C14H16N2O2/c1-15-14(17)16-9-10-3-4-12-8-13(18-2)6-5-11(12)7-10/h3-8H,9H2,1-2H3,(H2,15,16,17). The zero-order valence-corrected chi connectivity index (χ0v) is 10.5. The molecule has 0 unspecified atom stereocenters. The Morgan fingerprint density at radius 3 is 2.61 bits per heavy atom. The molecule has 0 fully saturated rings. The van der Waals surface area contributed by atoms with Crippen molar-refractivity contribution in [2.45, 2.75) is 6.54 Å². The van der Waals surface area contributed by atoms with E-state index in [2.05, 4.69) is 16.7 Å². The van der Waals surface area contributed by atoms with Crippen LogP contribution in [0.15, 0.2) is 36.4 Å². The average Bonchev–Trinajstić information content (AvgIpc) is 2.43. The van der Waals surface area contributed by atoms with Gasteiger partial charge in [0.25, 0.3) is 0 Å². The van der Waals surface area contributed by atoms with Crippen molar-refractivity contribution in [1.82, 2.24) is 10.6 Å². The fraction of sp³-hybridized carbons (Fsp3) is 0.214. The monoisotopic (exact) mass is 244 g/mol. The molecule has 0 aliphatic heterocycles. The van der Waals surface area contributed by atoms with Crippen LogP contribution in [0, 0.1) is 0 Å². The van der Waals surface area contributed by atoms with E-state index in [0.29, 0.717) is 6.54 Å². The SMILES string of the molecule is CNC(=O)NCc1ccc2cc(OC)ccc2c1. The maximum absolute atomic E-state index is 11.1. The highest BCUT2D eigenvalue weighted by Gasteiger charge is 2.00. The van der Waals surface area contributed by atoms with Crippen LogP contribution in [0.25, 0.3) is 10.8 Å². The number of benzene rings is 2. The highest BCUT2D eigenvalue weighted by atomic mass is 16.5. The van der Waals surface area contributed by atoms with Crippen molar-refractivity contribution < 1.29 is 9.53 Å². The third-order valence-electron chi connectivity index (χ3n) is 2.79. The molecule has 2 amide bonds. The number of fused-ring (bicyclic) bond motifs is 1. The van der Waals surface area contributed by atoms with Crippen LogP contribution >= 0.6 is 0 Å². The van der Waals surface area contributed by atoms with Gasteiger partial charge in [0.15, 0.2) is 0 Å². The van der Waals surface area contributed by atoms with Gasteiger partial charge in [-0.1, -0.05) is 18.2 Å². The molecule has 0 atom stereocenters. The van der Waals surface area contributed by atoms with Gasteiger partial charge in [-0.15, -0.1) is 0 Å². The predicted octanol–water partition coefficient (Wildman–Crippen LogP) is 2.28. The highest BCUT2D eigenvalue weighted by molar-refractivity contribution is 5.84. The number of ether oxygens (including phenoxy) is 1. The quantitative estimate of drug-likeness (QED) is 0.870. The van der Waals surface area contributed by atoms with Gasteiger partial charge < -0.3 is 15.4 Å². The zero-order valence-electron chi connectivity index (χ0n) is 10.5. The molecule has 0 radical (unpaired) electrons. The number of hydrogen-bond acceptors (Lipinski definition) is 2. The second kappa shape index (κ2) is 5.40. The van der Waals surface area contributed by atoms with Crippen molar-refractivity contribution >= 4 is 16.8 Å². The molecule has 0 saturated carbocycles. The Balaban J connectivity index is 2.20. The fourth-order valence-corrected chi connectivity index (χ4v) is 1.78. The summed E-state index contributed by atoms with van der Waals surface area (Å²) in [5.74, 6) is 0.846. The Morgan fingerprint density at radius 2 is 1.89 bits per heavy atom. The summed E-state index contributed by atoms with van der Waals surface area (Å²) in [6.07, 6.45) is 0. The van der Waals surface area contributed by atoms with E-state index < -0.39 is 0 Å². The summed E-state index contributed by atoms with van der Waals surface area (Å²) in [5, 5.41) is 7.54. The van der Waals surface area contributed by atoms with Gasteiger partial charge >= 0.3 is 6.03 Å². The number of nitrogens with one attached hydrogen (secondary N) is 2. The predicted molar refractivity (Wildman–Crippen MR) is 71.8 cm³/mol. The third kappa shape index (κ3) is 2.71. The van der Waals surface area contributed by atoms with Crippen LogP contribution in [0.4, 0.5) is 4.79 Å². The minimum absolute atomic E-state index is 0.176. The summed E-state index contributed by atoms with van der Waals surface area (Å²) in [7, 11) is 3.25. The lowest BCUT2D eigenvalue weighted by Gasteiger charge is -2.07. The first-order valence-electron chi connectivity index (χ1n) is 5.75. The van der Waals surface area contributed by atoms with E-state index >= 15 is 0 Å². The van der Waals surface area contributed by atoms with Gasteiger partial charge in [0, 0.05) is 13.6 Å². The Bertz CT molecular complexity index is 567. The lowest BCUT2D eigenvalue weighted by molar-refractivity contribution is 0.242. The van der Waals surface area contributed by atoms with Gasteiger partial charge in [-0.3, -0.25) is 0 Å².